The van der Waals surface area contributed by atoms with Gasteiger partial charge in [-0.3, -0.25) is 14.2 Å². The molecule has 1 unspecified atom stereocenters. The van der Waals surface area contributed by atoms with Gasteiger partial charge in [-0.15, -0.1) is 0 Å². The molecular weight excluding hydrogens is 528 g/mol. The average molecular weight is 559 g/mol. The van der Waals surface area contributed by atoms with E-state index >= 15 is 0 Å². The third-order valence-electron chi connectivity index (χ3n) is 6.16. The molecule has 13 heteroatoms. The van der Waals surface area contributed by atoms with Crippen molar-refractivity contribution >= 4 is 52.3 Å². The van der Waals surface area contributed by atoms with E-state index in [1.807, 2.05) is 37.4 Å². The van der Waals surface area contributed by atoms with Gasteiger partial charge in [-0.2, -0.15) is 10.2 Å². The van der Waals surface area contributed by atoms with Crippen LogP contribution in [0.15, 0.2) is 42.9 Å². The quantitative estimate of drug-likeness (QED) is 0.422. The molecule has 3 aromatic rings. The zero-order valence-electron chi connectivity index (χ0n) is 21.6. The summed E-state index contributed by atoms with van der Waals surface area (Å²) in [5, 5.41) is 16.2. The summed E-state index contributed by atoms with van der Waals surface area (Å²) in [6.07, 6.45) is 4.97. The second-order valence-corrected chi connectivity index (χ2v) is 9.78. The molecule has 11 nitrogen and oxygen atoms in total. The first-order chi connectivity index (χ1) is 18.2. The van der Waals surface area contributed by atoms with E-state index in [0.717, 1.165) is 11.3 Å². The number of ether oxygens (including phenoxy) is 1. The summed E-state index contributed by atoms with van der Waals surface area (Å²) in [6.45, 7) is 8.12. The van der Waals surface area contributed by atoms with Crippen molar-refractivity contribution in [3.05, 3.63) is 59.1 Å². The van der Waals surface area contributed by atoms with Crippen LogP contribution in [-0.2, 0) is 16.1 Å². The van der Waals surface area contributed by atoms with Crippen LogP contribution >= 0.6 is 23.8 Å². The zero-order valence-corrected chi connectivity index (χ0v) is 23.1. The Morgan fingerprint density at radius 3 is 2.61 bits per heavy atom. The number of halogens is 1. The van der Waals surface area contributed by atoms with Gasteiger partial charge in [0.1, 0.15) is 6.04 Å². The van der Waals surface area contributed by atoms with Gasteiger partial charge >= 0.3 is 6.09 Å². The molecule has 0 bridgehead atoms. The highest BCUT2D eigenvalue weighted by Crippen LogP contribution is 2.19. The lowest BCUT2D eigenvalue weighted by molar-refractivity contribution is -0.136. The highest BCUT2D eigenvalue weighted by atomic mass is 35.5. The van der Waals surface area contributed by atoms with Crippen molar-refractivity contribution in [2.24, 2.45) is 0 Å². The number of anilines is 2. The topological polar surface area (TPSA) is 110 Å². The number of nitrogens with zero attached hydrogens (tertiary/aromatic N) is 6. The number of carbonyl (C=O) groups excluding carboxylic acids is 2. The van der Waals surface area contributed by atoms with E-state index in [2.05, 4.69) is 20.8 Å². The van der Waals surface area contributed by atoms with Gasteiger partial charge in [0.25, 0.3) is 0 Å². The highest BCUT2D eigenvalue weighted by Gasteiger charge is 2.29. The van der Waals surface area contributed by atoms with E-state index in [9.17, 15) is 9.59 Å². The Morgan fingerprint density at radius 1 is 1.16 bits per heavy atom. The van der Waals surface area contributed by atoms with Crippen molar-refractivity contribution < 1.29 is 14.3 Å². The van der Waals surface area contributed by atoms with Crippen LogP contribution in [0, 0.1) is 6.92 Å². The Bertz CT molecular complexity index is 1300. The summed E-state index contributed by atoms with van der Waals surface area (Å²) >= 11 is 11.5. The third-order valence-corrected chi connectivity index (χ3v) is 6.60. The molecule has 1 atom stereocenters. The van der Waals surface area contributed by atoms with Crippen molar-refractivity contribution in [2.75, 3.05) is 43.4 Å². The Labute approximate surface area is 231 Å². The fraction of sp³-hybridized carbons (Fsp3) is 0.400. The van der Waals surface area contributed by atoms with Crippen LogP contribution < -0.4 is 10.6 Å². The van der Waals surface area contributed by atoms with Crippen LogP contribution in [0.25, 0.3) is 0 Å². The molecule has 38 heavy (non-hydrogen) atoms. The van der Waals surface area contributed by atoms with Gasteiger partial charge in [0.15, 0.2) is 5.11 Å². The lowest BCUT2D eigenvalue weighted by atomic mass is 10.2. The number of benzene rings is 1. The molecule has 1 aliphatic heterocycles. The molecule has 2 N–H and O–H groups in total. The van der Waals surface area contributed by atoms with Crippen molar-refractivity contribution in [1.29, 1.82) is 0 Å². The van der Waals surface area contributed by atoms with Crippen molar-refractivity contribution in [1.82, 2.24) is 29.4 Å². The number of aromatic nitrogens is 4. The molecule has 2 aromatic heterocycles. The number of amides is 2. The van der Waals surface area contributed by atoms with Crippen LogP contribution in [0.4, 0.5) is 16.2 Å². The summed E-state index contributed by atoms with van der Waals surface area (Å²) in [5.41, 5.74) is 3.18. The van der Waals surface area contributed by atoms with Gasteiger partial charge in [-0.05, 0) is 50.7 Å². The van der Waals surface area contributed by atoms with Crippen molar-refractivity contribution in [3.63, 3.8) is 0 Å². The Morgan fingerprint density at radius 2 is 1.89 bits per heavy atom. The lowest BCUT2D eigenvalue weighted by Crippen LogP contribution is -2.52. The molecule has 1 saturated heterocycles. The van der Waals surface area contributed by atoms with Crippen LogP contribution in [0.3, 0.4) is 0 Å². The fourth-order valence-electron chi connectivity index (χ4n) is 4.13. The predicted molar refractivity (Wildman–Crippen MR) is 149 cm³/mol. The molecule has 2 amide bonds. The Hall–Kier alpha value is -3.64. The second-order valence-electron chi connectivity index (χ2n) is 8.93. The van der Waals surface area contributed by atoms with Gasteiger partial charge in [0, 0.05) is 43.6 Å². The molecule has 1 aliphatic rings. The third kappa shape index (κ3) is 6.81. The van der Waals surface area contributed by atoms with E-state index in [1.165, 1.54) is 0 Å². The minimum Gasteiger partial charge on any atom is -0.450 e. The highest BCUT2D eigenvalue weighted by molar-refractivity contribution is 7.80. The van der Waals surface area contributed by atoms with Crippen molar-refractivity contribution in [3.8, 4) is 0 Å². The second kappa shape index (κ2) is 12.3. The predicted octanol–water partition coefficient (Wildman–Crippen LogP) is 3.76. The zero-order chi connectivity index (χ0) is 27.2. The molecule has 202 valence electrons. The minimum absolute atomic E-state index is 0.0598. The maximum atomic E-state index is 13.1. The van der Waals surface area contributed by atoms with E-state index in [0.29, 0.717) is 60.8 Å². The first kappa shape index (κ1) is 27.4. The van der Waals surface area contributed by atoms with Gasteiger partial charge in [-0.1, -0.05) is 23.7 Å². The van der Waals surface area contributed by atoms with Gasteiger partial charge < -0.3 is 25.2 Å². The maximum absolute atomic E-state index is 13.1. The summed E-state index contributed by atoms with van der Waals surface area (Å²) in [4.78, 5) is 28.4. The van der Waals surface area contributed by atoms with E-state index < -0.39 is 6.04 Å². The van der Waals surface area contributed by atoms with Gasteiger partial charge in [0.2, 0.25) is 5.91 Å². The largest absolute Gasteiger partial charge is 0.450 e. The maximum Gasteiger partial charge on any atom is 0.409 e. The van der Waals surface area contributed by atoms with Crippen molar-refractivity contribution in [2.45, 2.75) is 33.4 Å². The Kier molecular flexibility index (Phi) is 8.85. The van der Waals surface area contributed by atoms with Gasteiger partial charge in [-0.25, -0.2) is 4.79 Å². The molecule has 1 fully saturated rings. The SMILES string of the molecule is CCOC(=O)N1CCN(C(=O)C(C)n2cc(NC(=S)Nc3cnn(Cc4cccc(Cl)c4)c3)c(C)n2)CC1. The first-order valence-corrected chi connectivity index (χ1v) is 13.1. The number of hydrogen-bond acceptors (Lipinski definition) is 6. The smallest absolute Gasteiger partial charge is 0.409 e. The van der Waals surface area contributed by atoms with Gasteiger partial charge in [0.05, 0.1) is 36.4 Å². The molecule has 4 rings (SSSR count). The number of hydrogen-bond donors (Lipinski definition) is 2. The number of thiocarbonyl (C=S) groups is 1. The normalized spacial score (nSPS) is 14.2. The summed E-state index contributed by atoms with van der Waals surface area (Å²) in [7, 11) is 0. The van der Waals surface area contributed by atoms with Crippen LogP contribution in [-0.4, -0.2) is 79.3 Å². The average Bonchev–Trinajstić information content (AvgIpc) is 3.49. The van der Waals surface area contributed by atoms with E-state index in [-0.39, 0.29) is 12.0 Å². The molecule has 0 spiro atoms. The van der Waals surface area contributed by atoms with E-state index in [1.54, 1.807) is 45.4 Å². The molecular formula is C25H31ClN8O3S. The monoisotopic (exact) mass is 558 g/mol. The molecule has 3 heterocycles. The fourth-order valence-corrected chi connectivity index (χ4v) is 4.57. The molecule has 1 aromatic carbocycles. The standard InChI is InChI=1S/C25H31ClN8O3S/c1-4-37-25(36)32-10-8-31(9-11-32)23(35)18(3)34-16-22(17(2)30-34)29-24(38)28-21-13-27-33(15-21)14-19-6-5-7-20(26)12-19/h5-7,12-13,15-16,18H,4,8-11,14H2,1-3H3,(H2,28,29,38). The summed E-state index contributed by atoms with van der Waals surface area (Å²) in [6, 6.07) is 7.12. The molecule has 0 radical (unpaired) electrons. The molecule has 0 aliphatic carbocycles. The summed E-state index contributed by atoms with van der Waals surface area (Å²) in [5.74, 6) is -0.0598. The van der Waals surface area contributed by atoms with Crippen LogP contribution in [0.1, 0.15) is 31.1 Å². The number of rotatable bonds is 7. The van der Waals surface area contributed by atoms with Crippen LogP contribution in [0.5, 0.6) is 0 Å². The number of nitrogens with one attached hydrogen (secondary N) is 2. The number of piperazine rings is 1. The summed E-state index contributed by atoms with van der Waals surface area (Å²) < 4.78 is 8.47. The van der Waals surface area contributed by atoms with Crippen LogP contribution in [0.2, 0.25) is 5.02 Å². The lowest BCUT2D eigenvalue weighted by Gasteiger charge is -2.35. The first-order valence-electron chi connectivity index (χ1n) is 12.3. The Balaban J connectivity index is 1.30. The molecule has 0 saturated carbocycles. The minimum atomic E-state index is -0.510. The van der Waals surface area contributed by atoms with E-state index in [4.69, 9.17) is 28.6 Å². The number of carbonyl (C=O) groups is 2. The number of aryl methyl sites for hydroxylation is 1.